The molecule has 0 fully saturated rings. The summed E-state index contributed by atoms with van der Waals surface area (Å²) in [6.07, 6.45) is 0. The molecule has 0 bridgehead atoms. The van der Waals surface area contributed by atoms with Crippen molar-refractivity contribution < 1.29 is 9.53 Å². The van der Waals surface area contributed by atoms with Crippen molar-refractivity contribution in [2.45, 2.75) is 27.3 Å². The average molecular weight is 297 g/mol. The van der Waals surface area contributed by atoms with E-state index in [9.17, 15) is 4.79 Å². The summed E-state index contributed by atoms with van der Waals surface area (Å²) < 4.78 is 4.70. The predicted octanol–water partition coefficient (Wildman–Crippen LogP) is 1.92. The summed E-state index contributed by atoms with van der Waals surface area (Å²) in [5.74, 6) is 0.296. The molecular formula is C14H23N3O2S. The number of aryl methyl sites for hydroxylation is 1. The normalized spacial score (nSPS) is 12.9. The molecule has 1 atom stereocenters. The monoisotopic (exact) mass is 297 g/mol. The van der Waals surface area contributed by atoms with E-state index in [-0.39, 0.29) is 11.9 Å². The van der Waals surface area contributed by atoms with Crippen molar-refractivity contribution in [3.8, 4) is 0 Å². The number of nitrogens with one attached hydrogen (secondary N) is 2. The maximum absolute atomic E-state index is 11.3. The molecule has 0 aliphatic rings. The summed E-state index contributed by atoms with van der Waals surface area (Å²) in [4.78, 5) is 18.4. The molecule has 0 amide bonds. The Morgan fingerprint density at radius 1 is 1.45 bits per heavy atom. The summed E-state index contributed by atoms with van der Waals surface area (Å²) in [5.41, 5.74) is 0. The highest BCUT2D eigenvalue weighted by molar-refractivity contribution is 7.11. The van der Waals surface area contributed by atoms with E-state index in [2.05, 4.69) is 34.7 Å². The molecule has 0 aliphatic carbocycles. The fourth-order valence-corrected chi connectivity index (χ4v) is 2.42. The number of rotatable bonds is 6. The SMILES string of the molecule is CCNC(=NCc1ccc(C)s1)NCC(C)C(=O)OC. The van der Waals surface area contributed by atoms with Gasteiger partial charge in [0.2, 0.25) is 0 Å². The molecule has 0 radical (unpaired) electrons. The van der Waals surface area contributed by atoms with Crippen LogP contribution in [0.1, 0.15) is 23.6 Å². The lowest BCUT2D eigenvalue weighted by molar-refractivity contribution is -0.144. The number of aliphatic imine (C=N–C) groups is 1. The Morgan fingerprint density at radius 2 is 2.20 bits per heavy atom. The van der Waals surface area contributed by atoms with E-state index in [1.807, 2.05) is 13.8 Å². The summed E-state index contributed by atoms with van der Waals surface area (Å²) >= 11 is 1.74. The number of hydrogen-bond acceptors (Lipinski definition) is 4. The Labute approximate surface area is 124 Å². The van der Waals surface area contributed by atoms with Crippen molar-refractivity contribution in [3.63, 3.8) is 0 Å². The first-order valence-electron chi connectivity index (χ1n) is 6.72. The number of hydrogen-bond donors (Lipinski definition) is 2. The highest BCUT2D eigenvalue weighted by Gasteiger charge is 2.13. The van der Waals surface area contributed by atoms with Crippen LogP contribution in [0, 0.1) is 12.8 Å². The van der Waals surface area contributed by atoms with E-state index >= 15 is 0 Å². The number of methoxy groups -OCH3 is 1. The van der Waals surface area contributed by atoms with E-state index < -0.39 is 0 Å². The van der Waals surface area contributed by atoms with Gasteiger partial charge < -0.3 is 15.4 Å². The molecular weight excluding hydrogens is 274 g/mol. The average Bonchev–Trinajstić information content (AvgIpc) is 2.86. The Kier molecular flexibility index (Phi) is 7.08. The van der Waals surface area contributed by atoms with Gasteiger partial charge in [-0.25, -0.2) is 4.99 Å². The number of carbonyl (C=O) groups is 1. The van der Waals surface area contributed by atoms with E-state index in [0.29, 0.717) is 19.0 Å². The van der Waals surface area contributed by atoms with Crippen LogP contribution in [0.5, 0.6) is 0 Å². The molecule has 20 heavy (non-hydrogen) atoms. The molecule has 0 saturated carbocycles. The third kappa shape index (κ3) is 5.61. The van der Waals surface area contributed by atoms with Crippen LogP contribution in [0.25, 0.3) is 0 Å². The Bertz CT molecular complexity index is 457. The van der Waals surface area contributed by atoms with Crippen LogP contribution in [0.3, 0.4) is 0 Å². The molecule has 1 heterocycles. The number of ether oxygens (including phenoxy) is 1. The molecule has 5 nitrogen and oxygen atoms in total. The zero-order valence-corrected chi connectivity index (χ0v) is 13.3. The van der Waals surface area contributed by atoms with Crippen LogP contribution in [0.4, 0.5) is 0 Å². The minimum atomic E-state index is -0.220. The van der Waals surface area contributed by atoms with Gasteiger partial charge in [0.25, 0.3) is 0 Å². The first-order valence-corrected chi connectivity index (χ1v) is 7.53. The van der Waals surface area contributed by atoms with Gasteiger partial charge in [0.05, 0.1) is 19.6 Å². The van der Waals surface area contributed by atoms with Crippen molar-refractivity contribution in [3.05, 3.63) is 21.9 Å². The largest absolute Gasteiger partial charge is 0.469 e. The number of carbonyl (C=O) groups excluding carboxylic acids is 1. The van der Waals surface area contributed by atoms with Gasteiger partial charge in [-0.1, -0.05) is 6.92 Å². The highest BCUT2D eigenvalue weighted by Crippen LogP contribution is 2.15. The number of esters is 1. The molecule has 0 spiro atoms. The van der Waals surface area contributed by atoms with Gasteiger partial charge in [0, 0.05) is 22.8 Å². The van der Waals surface area contributed by atoms with Crippen molar-refractivity contribution in [1.29, 1.82) is 0 Å². The minimum absolute atomic E-state index is 0.201. The van der Waals surface area contributed by atoms with Gasteiger partial charge in [-0.2, -0.15) is 0 Å². The molecule has 2 N–H and O–H groups in total. The summed E-state index contributed by atoms with van der Waals surface area (Å²) in [6.45, 7) is 7.84. The fourth-order valence-electron chi connectivity index (χ4n) is 1.60. The molecule has 6 heteroatoms. The van der Waals surface area contributed by atoms with Gasteiger partial charge >= 0.3 is 5.97 Å². The zero-order valence-electron chi connectivity index (χ0n) is 12.5. The standard InChI is InChI=1S/C14H23N3O2S/c1-5-15-14(16-8-10(2)13(18)19-4)17-9-12-7-6-11(3)20-12/h6-7,10H,5,8-9H2,1-4H3,(H2,15,16,17). The fraction of sp³-hybridized carbons (Fsp3) is 0.571. The predicted molar refractivity (Wildman–Crippen MR) is 83.1 cm³/mol. The van der Waals surface area contributed by atoms with Crippen LogP contribution in [-0.2, 0) is 16.1 Å². The Hall–Kier alpha value is -1.56. The highest BCUT2D eigenvalue weighted by atomic mass is 32.1. The quantitative estimate of drug-likeness (QED) is 0.478. The topological polar surface area (TPSA) is 62.7 Å². The number of nitrogens with zero attached hydrogens (tertiary/aromatic N) is 1. The first-order chi connectivity index (χ1) is 9.56. The van der Waals surface area contributed by atoms with Crippen LogP contribution >= 0.6 is 11.3 Å². The van der Waals surface area contributed by atoms with E-state index in [1.54, 1.807) is 11.3 Å². The maximum atomic E-state index is 11.3. The lowest BCUT2D eigenvalue weighted by atomic mass is 10.2. The second kappa shape index (κ2) is 8.58. The van der Waals surface area contributed by atoms with Gasteiger partial charge in [-0.15, -0.1) is 11.3 Å². The van der Waals surface area contributed by atoms with Gasteiger partial charge in [-0.3, -0.25) is 4.79 Å². The van der Waals surface area contributed by atoms with Crippen LogP contribution in [-0.4, -0.2) is 32.1 Å². The van der Waals surface area contributed by atoms with Gasteiger partial charge in [0.1, 0.15) is 0 Å². The number of guanidine groups is 1. The molecule has 0 saturated heterocycles. The Morgan fingerprint density at radius 3 is 2.75 bits per heavy atom. The Balaban J connectivity index is 2.52. The van der Waals surface area contributed by atoms with Crippen molar-refractivity contribution in [1.82, 2.24) is 10.6 Å². The minimum Gasteiger partial charge on any atom is -0.469 e. The first kappa shape index (κ1) is 16.5. The molecule has 0 aliphatic heterocycles. The van der Waals surface area contributed by atoms with Gasteiger partial charge in [0.15, 0.2) is 5.96 Å². The molecule has 1 aromatic heterocycles. The van der Waals surface area contributed by atoms with Crippen LogP contribution in [0.2, 0.25) is 0 Å². The second-order valence-corrected chi connectivity index (χ2v) is 5.89. The van der Waals surface area contributed by atoms with E-state index in [0.717, 1.165) is 6.54 Å². The summed E-state index contributed by atoms with van der Waals surface area (Å²) in [5, 5.41) is 6.32. The molecule has 1 rings (SSSR count). The maximum Gasteiger partial charge on any atom is 0.310 e. The van der Waals surface area contributed by atoms with E-state index in [1.165, 1.54) is 16.9 Å². The van der Waals surface area contributed by atoms with Crippen molar-refractivity contribution in [2.24, 2.45) is 10.9 Å². The van der Waals surface area contributed by atoms with Crippen LogP contribution < -0.4 is 10.6 Å². The van der Waals surface area contributed by atoms with Crippen molar-refractivity contribution >= 4 is 23.3 Å². The summed E-state index contributed by atoms with van der Waals surface area (Å²) in [7, 11) is 1.40. The molecule has 1 aromatic rings. The third-order valence-corrected chi connectivity index (χ3v) is 3.70. The van der Waals surface area contributed by atoms with E-state index in [4.69, 9.17) is 4.74 Å². The van der Waals surface area contributed by atoms with Crippen molar-refractivity contribution in [2.75, 3.05) is 20.2 Å². The molecule has 112 valence electrons. The smallest absolute Gasteiger partial charge is 0.310 e. The number of thiophene rings is 1. The van der Waals surface area contributed by atoms with Crippen LogP contribution in [0.15, 0.2) is 17.1 Å². The zero-order chi connectivity index (χ0) is 15.0. The van der Waals surface area contributed by atoms with Gasteiger partial charge in [-0.05, 0) is 26.0 Å². The summed E-state index contributed by atoms with van der Waals surface area (Å²) in [6, 6.07) is 4.18. The molecule has 1 unspecified atom stereocenters. The third-order valence-electron chi connectivity index (χ3n) is 2.71. The molecule has 0 aromatic carbocycles. The lowest BCUT2D eigenvalue weighted by Crippen LogP contribution is -2.40. The second-order valence-electron chi connectivity index (χ2n) is 4.51. The lowest BCUT2D eigenvalue weighted by Gasteiger charge is -2.14.